The first-order valence-corrected chi connectivity index (χ1v) is 12.9. The Morgan fingerprint density at radius 3 is 2.44 bits per heavy atom. The van der Waals surface area contributed by atoms with Gasteiger partial charge in [-0.3, -0.25) is 9.78 Å². The summed E-state index contributed by atoms with van der Waals surface area (Å²) in [6, 6.07) is 3.86. The molecule has 1 aliphatic carbocycles. The number of nitrogens with zero attached hydrogens (tertiary/aromatic N) is 4. The number of fused-ring (bicyclic) bond motifs is 1. The van der Waals surface area contributed by atoms with Crippen molar-refractivity contribution < 1.29 is 13.6 Å². The molecule has 0 spiro atoms. The molecule has 0 saturated heterocycles. The maximum absolute atomic E-state index is 14.0. The van der Waals surface area contributed by atoms with Crippen LogP contribution in [0.1, 0.15) is 70.2 Å². The number of halogens is 3. The fourth-order valence-corrected chi connectivity index (χ4v) is 4.05. The second-order valence-corrected chi connectivity index (χ2v) is 10.1. The molecule has 1 aliphatic rings. The molecular weight excluding hydrogens is 486 g/mol. The van der Waals surface area contributed by atoms with E-state index in [1.807, 2.05) is 6.07 Å². The normalized spacial score (nSPS) is 15.0. The number of imidazole rings is 1. The van der Waals surface area contributed by atoms with Crippen molar-refractivity contribution in [3.05, 3.63) is 41.3 Å². The van der Waals surface area contributed by atoms with E-state index in [1.54, 1.807) is 36.8 Å². The molecule has 1 amide bonds. The quantitative estimate of drug-likeness (QED) is 0.383. The van der Waals surface area contributed by atoms with Crippen molar-refractivity contribution in [1.29, 1.82) is 0 Å². The van der Waals surface area contributed by atoms with Gasteiger partial charge in [-0.2, -0.15) is 5.10 Å². The van der Waals surface area contributed by atoms with E-state index in [-0.39, 0.29) is 24.4 Å². The van der Waals surface area contributed by atoms with E-state index >= 15 is 0 Å². The van der Waals surface area contributed by atoms with Gasteiger partial charge in [0.25, 0.3) is 5.91 Å². The minimum Gasteiger partial charge on any atom is -0.382 e. The average molecular weight is 521 g/mol. The van der Waals surface area contributed by atoms with Crippen molar-refractivity contribution in [2.45, 2.75) is 78.2 Å². The van der Waals surface area contributed by atoms with Crippen molar-refractivity contribution in [3.8, 4) is 11.4 Å². The fourth-order valence-electron chi connectivity index (χ4n) is 3.91. The summed E-state index contributed by atoms with van der Waals surface area (Å²) in [4.78, 5) is 21.7. The van der Waals surface area contributed by atoms with Crippen LogP contribution >= 0.6 is 11.6 Å². The summed E-state index contributed by atoms with van der Waals surface area (Å²) in [6.45, 7) is 6.56. The van der Waals surface area contributed by atoms with Crippen LogP contribution in [0.25, 0.3) is 17.0 Å². The number of alkyl halides is 2. The molecule has 1 atom stereocenters. The second kappa shape index (κ2) is 12.9. The molecule has 10 heteroatoms. The molecule has 7 nitrogen and oxygen atoms in total. The summed E-state index contributed by atoms with van der Waals surface area (Å²) in [6.07, 6.45) is 8.65. The molecule has 1 unspecified atom stereocenters. The van der Waals surface area contributed by atoms with Crippen LogP contribution in [0, 0.1) is 5.92 Å². The van der Waals surface area contributed by atoms with Gasteiger partial charge in [0, 0.05) is 24.8 Å². The summed E-state index contributed by atoms with van der Waals surface area (Å²) >= 11 is 6.02. The molecule has 1 saturated carbocycles. The van der Waals surface area contributed by atoms with Crippen LogP contribution in [-0.4, -0.2) is 50.4 Å². The summed E-state index contributed by atoms with van der Waals surface area (Å²) in [5.41, 5.74) is 3.02. The Hall–Kier alpha value is -2.81. The number of carbonyl (C=O) groups is 1. The third-order valence-electron chi connectivity index (χ3n) is 5.88. The Bertz CT molecular complexity index is 1140. The highest BCUT2D eigenvalue weighted by Gasteiger charge is 2.21. The zero-order chi connectivity index (χ0) is 26.2. The molecule has 3 aromatic heterocycles. The summed E-state index contributed by atoms with van der Waals surface area (Å²) in [5, 5.41) is 11.1. The van der Waals surface area contributed by atoms with Crippen LogP contribution in [0.5, 0.6) is 0 Å². The molecule has 1 fully saturated rings. The molecule has 0 aliphatic heterocycles. The highest BCUT2D eigenvalue weighted by atomic mass is 35.5. The van der Waals surface area contributed by atoms with E-state index in [1.165, 1.54) is 26.5 Å². The van der Waals surface area contributed by atoms with Gasteiger partial charge in [0.15, 0.2) is 5.65 Å². The van der Waals surface area contributed by atoms with Crippen LogP contribution in [0.2, 0.25) is 5.02 Å². The SMILES string of the molecule is CC(C)C(F)CNC(=O)c1cnc(-c2cnc3cc(Cl)cnn23)cc1NC1CCCCC1.CC(C)F. The molecule has 3 heterocycles. The molecule has 3 aromatic rings. The van der Waals surface area contributed by atoms with Crippen molar-refractivity contribution in [1.82, 2.24) is 24.9 Å². The third kappa shape index (κ3) is 7.59. The second-order valence-electron chi connectivity index (χ2n) is 9.67. The Morgan fingerprint density at radius 2 is 1.78 bits per heavy atom. The molecule has 2 N–H and O–H groups in total. The van der Waals surface area contributed by atoms with Crippen molar-refractivity contribution in [2.75, 3.05) is 11.9 Å². The Morgan fingerprint density at radius 1 is 1.08 bits per heavy atom. The van der Waals surface area contributed by atoms with Crippen LogP contribution < -0.4 is 10.6 Å². The predicted octanol–water partition coefficient (Wildman–Crippen LogP) is 6.28. The van der Waals surface area contributed by atoms with Crippen molar-refractivity contribution in [2.24, 2.45) is 5.92 Å². The number of carbonyl (C=O) groups excluding carboxylic acids is 1. The van der Waals surface area contributed by atoms with Gasteiger partial charge in [-0.15, -0.1) is 0 Å². The molecule has 36 heavy (non-hydrogen) atoms. The lowest BCUT2D eigenvalue weighted by atomic mass is 9.95. The first kappa shape index (κ1) is 27.8. The van der Waals surface area contributed by atoms with E-state index in [0.29, 0.717) is 33.3 Å². The van der Waals surface area contributed by atoms with Gasteiger partial charge in [-0.25, -0.2) is 18.3 Å². The monoisotopic (exact) mass is 520 g/mol. The van der Waals surface area contributed by atoms with E-state index < -0.39 is 12.3 Å². The van der Waals surface area contributed by atoms with Gasteiger partial charge in [-0.05, 0) is 38.7 Å². The summed E-state index contributed by atoms with van der Waals surface area (Å²) in [7, 11) is 0. The van der Waals surface area contributed by atoms with Gasteiger partial charge in [0.05, 0.1) is 40.5 Å². The largest absolute Gasteiger partial charge is 0.382 e. The Labute approximate surface area is 216 Å². The van der Waals surface area contributed by atoms with E-state index in [0.717, 1.165) is 25.7 Å². The average Bonchev–Trinajstić information content (AvgIpc) is 3.25. The van der Waals surface area contributed by atoms with Crippen LogP contribution in [0.4, 0.5) is 14.5 Å². The Kier molecular flexibility index (Phi) is 9.98. The van der Waals surface area contributed by atoms with Crippen LogP contribution in [0.15, 0.2) is 30.7 Å². The summed E-state index contributed by atoms with van der Waals surface area (Å²) < 4.78 is 26.7. The maximum Gasteiger partial charge on any atom is 0.255 e. The first-order chi connectivity index (χ1) is 17.2. The number of amides is 1. The standard InChI is InChI=1S/C23H28ClFN6O.C3H7F/c1-14(2)18(25)12-28-23(32)17-11-26-20(9-19(17)30-16-6-4-3-5-7-16)21-13-27-22-8-15(24)10-29-31(21)22;1-3(2)4/h8-11,13-14,16,18H,3-7,12H2,1-2H3,(H,26,30)(H,28,32);3H,1-2H3. The number of hydrogen-bond acceptors (Lipinski definition) is 5. The van der Waals surface area contributed by atoms with Crippen molar-refractivity contribution >= 4 is 28.8 Å². The predicted molar refractivity (Wildman–Crippen MR) is 140 cm³/mol. The lowest BCUT2D eigenvalue weighted by Crippen LogP contribution is -2.33. The van der Waals surface area contributed by atoms with Gasteiger partial charge >= 0.3 is 0 Å². The number of aromatic nitrogens is 4. The summed E-state index contributed by atoms with van der Waals surface area (Å²) in [5.74, 6) is -0.500. The lowest BCUT2D eigenvalue weighted by molar-refractivity contribution is 0.0935. The maximum atomic E-state index is 14.0. The Balaban J connectivity index is 0.000000840. The third-order valence-corrected chi connectivity index (χ3v) is 6.09. The van der Waals surface area contributed by atoms with Gasteiger partial charge in [-0.1, -0.05) is 44.7 Å². The lowest BCUT2D eigenvalue weighted by Gasteiger charge is -2.25. The number of hydrogen-bond donors (Lipinski definition) is 2. The van der Waals surface area contributed by atoms with E-state index in [4.69, 9.17) is 11.6 Å². The van der Waals surface area contributed by atoms with Crippen LogP contribution in [-0.2, 0) is 0 Å². The van der Waals surface area contributed by atoms with Gasteiger partial charge < -0.3 is 10.6 Å². The minimum absolute atomic E-state index is 0.0287. The molecule has 196 valence electrons. The zero-order valence-electron chi connectivity index (χ0n) is 21.3. The first-order valence-electron chi connectivity index (χ1n) is 12.5. The fraction of sp³-hybridized carbons (Fsp3) is 0.538. The van der Waals surface area contributed by atoms with Crippen molar-refractivity contribution in [3.63, 3.8) is 0 Å². The number of rotatable bonds is 7. The molecular formula is C26H35ClF2N6O. The zero-order valence-corrected chi connectivity index (χ0v) is 22.0. The highest BCUT2D eigenvalue weighted by Crippen LogP contribution is 2.28. The van der Waals surface area contributed by atoms with E-state index in [9.17, 15) is 13.6 Å². The smallest absolute Gasteiger partial charge is 0.255 e. The molecule has 0 bridgehead atoms. The molecule has 0 aromatic carbocycles. The number of pyridine rings is 1. The molecule has 4 rings (SSSR count). The van der Waals surface area contributed by atoms with Gasteiger partial charge in [0.2, 0.25) is 0 Å². The van der Waals surface area contributed by atoms with E-state index in [2.05, 4.69) is 25.7 Å². The highest BCUT2D eigenvalue weighted by molar-refractivity contribution is 6.30. The number of nitrogens with one attached hydrogen (secondary N) is 2. The topological polar surface area (TPSA) is 84.2 Å². The minimum atomic E-state index is -1.10. The molecule has 0 radical (unpaired) electrons. The number of anilines is 1. The van der Waals surface area contributed by atoms with Gasteiger partial charge in [0.1, 0.15) is 11.9 Å². The van der Waals surface area contributed by atoms with Crippen LogP contribution in [0.3, 0.4) is 0 Å².